The summed E-state index contributed by atoms with van der Waals surface area (Å²) in [6.45, 7) is 0. The quantitative estimate of drug-likeness (QED) is 0.115. The zero-order valence-corrected chi connectivity index (χ0v) is 10.4. The summed E-state index contributed by atoms with van der Waals surface area (Å²) in [5, 5.41) is 63.1. The Kier molecular flexibility index (Phi) is 660. The van der Waals surface area contributed by atoms with E-state index in [9.17, 15) is 0 Å². The summed E-state index contributed by atoms with van der Waals surface area (Å²) in [6.07, 6.45) is 0. The molecule has 27 heavy (non-hydrogen) atoms. The van der Waals surface area contributed by atoms with Crippen molar-refractivity contribution in [2.45, 2.75) is 0 Å². The van der Waals surface area contributed by atoms with Crippen molar-refractivity contribution in [2.75, 3.05) is 0 Å². The molecule has 0 unspecified atom stereocenters. The maximum absolute atomic E-state index is 8.11. The van der Waals surface area contributed by atoms with E-state index in [1.54, 1.807) is 0 Å². The molecule has 0 bridgehead atoms. The van der Waals surface area contributed by atoms with E-state index in [1.807, 2.05) is 0 Å². The predicted molar refractivity (Wildman–Crippen MR) is 82.1 cm³/mol. The molecule has 0 aliphatic carbocycles. The molecule has 0 amide bonds. The first-order chi connectivity index (χ1) is 11.3. The van der Waals surface area contributed by atoms with Crippen LogP contribution >= 0.6 is 0 Å². The zero-order valence-electron chi connectivity index (χ0n) is 10.4. The van der Waals surface area contributed by atoms with E-state index in [2.05, 4.69) is 0 Å². The molecule has 0 rings (SSSR count). The Balaban J connectivity index is -0.0000000119. The number of rotatable bonds is 0. The molecule has 150 valence electrons. The molecule has 0 fully saturated rings. The van der Waals surface area contributed by atoms with E-state index in [0.29, 0.717) is 0 Å². The van der Waals surface area contributed by atoms with Gasteiger partial charge in [-0.05, 0) is 0 Å². The minimum absolute atomic E-state index is 0. The molecular formula is H11K3N8O16. The third-order valence-corrected chi connectivity index (χ3v) is 0. The fraction of sp³-hybridized carbons (Fsp3) is 0. The van der Waals surface area contributed by atoms with Gasteiger partial charge in [0.05, 0.1) is 0 Å². The van der Waals surface area contributed by atoms with Gasteiger partial charge in [0.2, 0.25) is 0 Å². The summed E-state index contributed by atoms with van der Waals surface area (Å²) in [5.74, 6) is 0. The standard InChI is InChI=1S/3K.8HNO2.3H/c;;;8*2-1-3;;;/h;;;8*(H,2,3);;;. The van der Waals surface area contributed by atoms with Gasteiger partial charge in [0.25, 0.3) is 0 Å². The third kappa shape index (κ3) is 1280000. The van der Waals surface area contributed by atoms with Crippen LogP contribution in [0.4, 0.5) is 0 Å². The van der Waals surface area contributed by atoms with E-state index in [4.69, 9.17) is 80.9 Å². The molecule has 0 aliphatic rings. The van der Waals surface area contributed by atoms with Gasteiger partial charge < -0.3 is 41.7 Å². The average molecular weight is 496 g/mol. The Morgan fingerprint density at radius 3 is 0.259 bits per heavy atom. The van der Waals surface area contributed by atoms with E-state index >= 15 is 0 Å². The van der Waals surface area contributed by atoms with Gasteiger partial charge in [-0.2, -0.15) is 0 Å². The Morgan fingerprint density at radius 1 is 0.259 bits per heavy atom. The number of hydrogen-bond donors (Lipinski definition) is 8. The van der Waals surface area contributed by atoms with Gasteiger partial charge >= 0.3 is 154 Å². The molecule has 0 radical (unpaired) electrons. The molecule has 0 saturated heterocycles. The van der Waals surface area contributed by atoms with Gasteiger partial charge in [-0.3, -0.25) is 0 Å². The molecule has 8 N–H and O–H groups in total. The summed E-state index contributed by atoms with van der Waals surface area (Å²) >= 11 is 0. The molecule has 0 aromatic rings. The molecule has 24 nitrogen and oxygen atoms in total. The van der Waals surface area contributed by atoms with Crippen LogP contribution in [0.1, 0.15) is 0 Å². The van der Waals surface area contributed by atoms with E-state index < -0.39 is 0 Å². The Labute approximate surface area is 272 Å². The van der Waals surface area contributed by atoms with Crippen molar-refractivity contribution < 1.29 is 41.7 Å². The first kappa shape index (κ1) is 71.2. The van der Waals surface area contributed by atoms with Crippen LogP contribution < -0.4 is 0 Å². The van der Waals surface area contributed by atoms with Crippen LogP contribution in [0.3, 0.4) is 0 Å². The van der Waals surface area contributed by atoms with Crippen molar-refractivity contribution in [1.82, 2.24) is 0 Å². The molecule has 0 aromatic heterocycles. The van der Waals surface area contributed by atoms with Crippen molar-refractivity contribution in [3.8, 4) is 0 Å². The number of hydrogen-bond acceptors (Lipinski definition) is 16. The van der Waals surface area contributed by atoms with Crippen LogP contribution in [-0.4, -0.2) is 196 Å². The van der Waals surface area contributed by atoms with Gasteiger partial charge in [-0.25, -0.2) is 0 Å². The van der Waals surface area contributed by atoms with Crippen LogP contribution in [0.25, 0.3) is 0 Å². The molecule has 0 aromatic carbocycles. The number of nitrogens with zero attached hydrogens (tertiary/aromatic N) is 8. The monoisotopic (exact) mass is 496 g/mol. The normalized spacial score (nSPS) is 3.56. The van der Waals surface area contributed by atoms with Crippen LogP contribution in [0.15, 0.2) is 42.7 Å². The topological polar surface area (TPSA) is 397 Å². The van der Waals surface area contributed by atoms with Gasteiger partial charge in [-0.1, -0.05) is 0 Å². The molecule has 0 spiro atoms. The Morgan fingerprint density at radius 2 is 0.259 bits per heavy atom. The molecule has 0 heterocycles. The van der Waals surface area contributed by atoms with E-state index in [0.717, 1.165) is 0 Å². The Bertz CT molecular complexity index is 168. The first-order valence-corrected chi connectivity index (χ1v) is 3.06. The van der Waals surface area contributed by atoms with Crippen LogP contribution in [0.5, 0.6) is 0 Å². The van der Waals surface area contributed by atoms with Gasteiger partial charge in [0.15, 0.2) is 42.7 Å². The minimum atomic E-state index is 0. The molecule has 27 heteroatoms. The van der Waals surface area contributed by atoms with Crippen molar-refractivity contribution in [3.05, 3.63) is 39.3 Å². The molecular weight excluding hydrogens is 485 g/mol. The molecule has 0 saturated carbocycles. The van der Waals surface area contributed by atoms with Crippen LogP contribution in [0.2, 0.25) is 0 Å². The fourth-order valence-electron chi connectivity index (χ4n) is 0. The zero-order chi connectivity index (χ0) is 21.7. The maximum atomic E-state index is 8.11. The molecule has 0 aliphatic heterocycles. The van der Waals surface area contributed by atoms with Gasteiger partial charge in [0.1, 0.15) is 0 Å². The third-order valence-electron chi connectivity index (χ3n) is 0. The summed E-state index contributed by atoms with van der Waals surface area (Å²) < 4.78 is 0. The van der Waals surface area contributed by atoms with Crippen molar-refractivity contribution >= 4 is 154 Å². The van der Waals surface area contributed by atoms with Crippen molar-refractivity contribution in [3.63, 3.8) is 0 Å². The van der Waals surface area contributed by atoms with Crippen LogP contribution in [0, 0.1) is 39.3 Å². The van der Waals surface area contributed by atoms with E-state index in [1.165, 1.54) is 42.7 Å². The SMILES string of the molecule is O=NO.O=NO.O=NO.O=NO.O=NO.O=NO.O=NO.O=NO.[KH].[KH].[KH]. The summed E-state index contributed by atoms with van der Waals surface area (Å²) in [5.41, 5.74) is 0. The van der Waals surface area contributed by atoms with Gasteiger partial charge in [-0.15, -0.1) is 39.3 Å². The van der Waals surface area contributed by atoms with Crippen LogP contribution in [-0.2, 0) is 0 Å². The second-order valence-corrected chi connectivity index (χ2v) is 0.653. The second-order valence-electron chi connectivity index (χ2n) is 0.653. The summed E-state index contributed by atoms with van der Waals surface area (Å²) in [6, 6.07) is 0. The fourth-order valence-corrected chi connectivity index (χ4v) is 0. The predicted octanol–water partition coefficient (Wildman–Crippen LogP) is -0.810. The average Bonchev–Trinajstić information content (AvgIpc) is 2.45. The second kappa shape index (κ2) is 250. The summed E-state index contributed by atoms with van der Waals surface area (Å²) in [7, 11) is 0. The van der Waals surface area contributed by atoms with E-state index in [-0.39, 0.29) is 154 Å². The summed E-state index contributed by atoms with van der Waals surface area (Å²) in [4.78, 5) is 64.9. The Hall–Kier alpha value is 0.109. The molecule has 0 atom stereocenters. The first-order valence-electron chi connectivity index (χ1n) is 3.06. The van der Waals surface area contributed by atoms with Gasteiger partial charge in [0, 0.05) is 0 Å². The van der Waals surface area contributed by atoms with Crippen molar-refractivity contribution in [2.24, 2.45) is 42.7 Å². The van der Waals surface area contributed by atoms with Crippen molar-refractivity contribution in [1.29, 1.82) is 0 Å².